The SMILES string of the molecule is CN(C)S(=O)(=O)c1cccc(COC(=O)C2(C#N)CCCC2)c1. The number of ether oxygens (including phenoxy) is 1. The lowest BCUT2D eigenvalue weighted by molar-refractivity contribution is -0.153. The summed E-state index contributed by atoms with van der Waals surface area (Å²) in [5.74, 6) is -0.515. The molecule has 0 unspecified atom stereocenters. The number of nitriles is 1. The van der Waals surface area contributed by atoms with Crippen LogP contribution in [-0.4, -0.2) is 32.8 Å². The van der Waals surface area contributed by atoms with Gasteiger partial charge in [-0.05, 0) is 30.5 Å². The molecule has 7 heteroatoms. The molecule has 23 heavy (non-hydrogen) atoms. The molecule has 0 spiro atoms. The van der Waals surface area contributed by atoms with Crippen LogP contribution in [0.15, 0.2) is 29.2 Å². The third-order valence-electron chi connectivity index (χ3n) is 4.11. The van der Waals surface area contributed by atoms with E-state index in [0.29, 0.717) is 18.4 Å². The van der Waals surface area contributed by atoms with Crippen molar-refractivity contribution in [2.24, 2.45) is 5.41 Å². The van der Waals surface area contributed by atoms with E-state index in [1.165, 1.54) is 26.2 Å². The summed E-state index contributed by atoms with van der Waals surface area (Å²) in [6, 6.07) is 8.36. The molecule has 6 nitrogen and oxygen atoms in total. The van der Waals surface area contributed by atoms with Gasteiger partial charge in [0, 0.05) is 14.1 Å². The molecule has 0 heterocycles. The van der Waals surface area contributed by atoms with Gasteiger partial charge in [-0.1, -0.05) is 25.0 Å². The molecule has 1 saturated carbocycles. The van der Waals surface area contributed by atoms with E-state index in [2.05, 4.69) is 6.07 Å². The van der Waals surface area contributed by atoms with E-state index in [-0.39, 0.29) is 11.5 Å². The van der Waals surface area contributed by atoms with Gasteiger partial charge < -0.3 is 4.74 Å². The number of esters is 1. The average molecular weight is 336 g/mol. The van der Waals surface area contributed by atoms with Gasteiger partial charge in [-0.15, -0.1) is 0 Å². The van der Waals surface area contributed by atoms with Gasteiger partial charge in [0.1, 0.15) is 6.61 Å². The lowest BCUT2D eigenvalue weighted by atomic mass is 9.88. The minimum atomic E-state index is -3.53. The van der Waals surface area contributed by atoms with Crippen molar-refractivity contribution in [3.8, 4) is 6.07 Å². The van der Waals surface area contributed by atoms with E-state index in [1.54, 1.807) is 12.1 Å². The van der Waals surface area contributed by atoms with Crippen LogP contribution in [0.25, 0.3) is 0 Å². The Morgan fingerprint density at radius 3 is 2.57 bits per heavy atom. The van der Waals surface area contributed by atoms with Crippen LogP contribution in [0.3, 0.4) is 0 Å². The number of hydrogen-bond acceptors (Lipinski definition) is 5. The molecule has 0 radical (unpaired) electrons. The van der Waals surface area contributed by atoms with Gasteiger partial charge in [0.25, 0.3) is 0 Å². The number of benzene rings is 1. The second-order valence-corrected chi connectivity index (χ2v) is 8.06. The summed E-state index contributed by atoms with van der Waals surface area (Å²) in [6.45, 7) is -0.0426. The summed E-state index contributed by atoms with van der Waals surface area (Å²) in [4.78, 5) is 12.3. The first kappa shape index (κ1) is 17.4. The summed E-state index contributed by atoms with van der Waals surface area (Å²) >= 11 is 0. The maximum Gasteiger partial charge on any atom is 0.326 e. The molecule has 0 bridgehead atoms. The Morgan fingerprint density at radius 2 is 2.00 bits per heavy atom. The maximum absolute atomic E-state index is 12.2. The first-order valence-corrected chi connectivity index (χ1v) is 8.86. The Bertz CT molecular complexity index is 729. The first-order valence-electron chi connectivity index (χ1n) is 7.42. The van der Waals surface area contributed by atoms with Crippen molar-refractivity contribution in [1.82, 2.24) is 4.31 Å². The van der Waals surface area contributed by atoms with Crippen molar-refractivity contribution in [1.29, 1.82) is 5.26 Å². The van der Waals surface area contributed by atoms with Gasteiger partial charge in [-0.25, -0.2) is 12.7 Å². The molecule has 0 saturated heterocycles. The molecule has 2 rings (SSSR count). The summed E-state index contributed by atoms with van der Waals surface area (Å²) in [6.07, 6.45) is 2.74. The van der Waals surface area contributed by atoms with Gasteiger partial charge in [-0.3, -0.25) is 4.79 Å². The van der Waals surface area contributed by atoms with Gasteiger partial charge in [-0.2, -0.15) is 5.26 Å². The highest BCUT2D eigenvalue weighted by molar-refractivity contribution is 7.89. The zero-order valence-corrected chi connectivity index (χ0v) is 14.1. The van der Waals surface area contributed by atoms with Crippen molar-refractivity contribution < 1.29 is 17.9 Å². The predicted molar refractivity (Wildman–Crippen MR) is 83.6 cm³/mol. The number of rotatable bonds is 5. The van der Waals surface area contributed by atoms with E-state index in [4.69, 9.17) is 4.74 Å². The molecular formula is C16H20N2O4S. The maximum atomic E-state index is 12.2. The summed E-state index contributed by atoms with van der Waals surface area (Å²) in [5, 5.41) is 9.26. The van der Waals surface area contributed by atoms with E-state index >= 15 is 0 Å². The first-order chi connectivity index (χ1) is 10.8. The number of sulfonamides is 1. The molecule has 0 aliphatic heterocycles. The van der Waals surface area contributed by atoms with Crippen LogP contribution < -0.4 is 0 Å². The third kappa shape index (κ3) is 3.54. The Kier molecular flexibility index (Phi) is 5.07. The highest BCUT2D eigenvalue weighted by Crippen LogP contribution is 2.38. The standard InChI is InChI=1S/C16H20N2O4S/c1-18(2)23(20,21)14-7-5-6-13(10-14)11-22-15(19)16(12-17)8-3-4-9-16/h5-7,10H,3-4,8-9,11H2,1-2H3. The van der Waals surface area contributed by atoms with Crippen LogP contribution in [0, 0.1) is 16.7 Å². The lowest BCUT2D eigenvalue weighted by Crippen LogP contribution is -2.28. The van der Waals surface area contributed by atoms with Crippen LogP contribution >= 0.6 is 0 Å². The van der Waals surface area contributed by atoms with Gasteiger partial charge in [0.05, 0.1) is 11.0 Å². The smallest absolute Gasteiger partial charge is 0.326 e. The predicted octanol–water partition coefficient (Wildman–Crippen LogP) is 2.06. The summed E-state index contributed by atoms with van der Waals surface area (Å²) in [7, 11) is -0.616. The minimum Gasteiger partial charge on any atom is -0.460 e. The summed E-state index contributed by atoms with van der Waals surface area (Å²) < 4.78 is 30.6. The number of nitrogens with zero attached hydrogens (tertiary/aromatic N) is 2. The van der Waals surface area contributed by atoms with Crippen LogP contribution in [0.2, 0.25) is 0 Å². The topological polar surface area (TPSA) is 87.5 Å². The van der Waals surface area contributed by atoms with Crippen LogP contribution in [0.1, 0.15) is 31.2 Å². The molecule has 1 fully saturated rings. The Labute approximate surface area is 136 Å². The Morgan fingerprint density at radius 1 is 1.35 bits per heavy atom. The number of hydrogen-bond donors (Lipinski definition) is 0. The number of carbonyl (C=O) groups excluding carboxylic acids is 1. The largest absolute Gasteiger partial charge is 0.460 e. The van der Waals surface area contributed by atoms with Crippen molar-refractivity contribution in [2.75, 3.05) is 14.1 Å². The molecule has 0 aromatic heterocycles. The average Bonchev–Trinajstić information content (AvgIpc) is 3.03. The zero-order chi connectivity index (χ0) is 17.1. The summed E-state index contributed by atoms with van der Waals surface area (Å²) in [5.41, 5.74) is -0.458. The Hall–Kier alpha value is -1.91. The molecule has 1 aromatic carbocycles. The van der Waals surface area contributed by atoms with Crippen molar-refractivity contribution in [3.05, 3.63) is 29.8 Å². The molecule has 1 aliphatic carbocycles. The van der Waals surface area contributed by atoms with Crippen molar-refractivity contribution in [2.45, 2.75) is 37.2 Å². The van der Waals surface area contributed by atoms with Crippen LogP contribution in [0.5, 0.6) is 0 Å². The van der Waals surface area contributed by atoms with Crippen molar-refractivity contribution in [3.63, 3.8) is 0 Å². The molecule has 1 aliphatic rings. The highest BCUT2D eigenvalue weighted by atomic mass is 32.2. The van der Waals surface area contributed by atoms with E-state index in [0.717, 1.165) is 17.1 Å². The molecule has 0 amide bonds. The third-order valence-corrected chi connectivity index (χ3v) is 5.92. The second kappa shape index (κ2) is 6.69. The Balaban J connectivity index is 2.10. The minimum absolute atomic E-state index is 0.0426. The van der Waals surface area contributed by atoms with Gasteiger partial charge in [0.15, 0.2) is 5.41 Å². The van der Waals surface area contributed by atoms with Gasteiger partial charge in [0.2, 0.25) is 10.0 Å². The molecule has 124 valence electrons. The fourth-order valence-corrected chi connectivity index (χ4v) is 3.61. The van der Waals surface area contributed by atoms with E-state index in [1.807, 2.05) is 0 Å². The molecule has 0 atom stereocenters. The second-order valence-electron chi connectivity index (χ2n) is 5.91. The van der Waals surface area contributed by atoms with Crippen LogP contribution in [-0.2, 0) is 26.2 Å². The fraction of sp³-hybridized carbons (Fsp3) is 0.500. The normalized spacial score (nSPS) is 17.0. The molecular weight excluding hydrogens is 316 g/mol. The quantitative estimate of drug-likeness (QED) is 0.768. The molecule has 1 aromatic rings. The van der Waals surface area contributed by atoms with Gasteiger partial charge >= 0.3 is 5.97 Å². The van der Waals surface area contributed by atoms with E-state index in [9.17, 15) is 18.5 Å². The molecule has 0 N–H and O–H groups in total. The van der Waals surface area contributed by atoms with Crippen LogP contribution in [0.4, 0.5) is 0 Å². The number of carbonyl (C=O) groups is 1. The monoisotopic (exact) mass is 336 g/mol. The lowest BCUT2D eigenvalue weighted by Gasteiger charge is -2.18. The van der Waals surface area contributed by atoms with Crippen molar-refractivity contribution >= 4 is 16.0 Å². The highest BCUT2D eigenvalue weighted by Gasteiger charge is 2.43. The fourth-order valence-electron chi connectivity index (χ4n) is 2.63. The van der Waals surface area contributed by atoms with E-state index < -0.39 is 21.4 Å². The zero-order valence-electron chi connectivity index (χ0n) is 13.3.